The van der Waals surface area contributed by atoms with E-state index in [-0.39, 0.29) is 11.8 Å². The monoisotopic (exact) mass is 282 g/mol. The molecular weight excluding hydrogens is 252 g/mol. The summed E-state index contributed by atoms with van der Waals surface area (Å²) >= 11 is 0. The summed E-state index contributed by atoms with van der Waals surface area (Å²) in [6.45, 7) is 8.89. The van der Waals surface area contributed by atoms with Crippen LogP contribution in [0, 0.1) is 11.8 Å². The Morgan fingerprint density at radius 2 is 1.85 bits per heavy atom. The van der Waals surface area contributed by atoms with E-state index in [2.05, 4.69) is 24.1 Å². The van der Waals surface area contributed by atoms with Gasteiger partial charge in [-0.1, -0.05) is 33.1 Å². The van der Waals surface area contributed by atoms with Crippen LogP contribution >= 0.6 is 0 Å². The van der Waals surface area contributed by atoms with Crippen LogP contribution in [0.5, 0.6) is 0 Å². The SMILES string of the molecule is CC(C)[C@@H](CNC(=O)C1CCCCC1)N1CCOCC1. The van der Waals surface area contributed by atoms with Gasteiger partial charge >= 0.3 is 0 Å². The smallest absolute Gasteiger partial charge is 0.223 e. The van der Waals surface area contributed by atoms with Gasteiger partial charge in [0.2, 0.25) is 5.91 Å². The zero-order valence-corrected chi connectivity index (χ0v) is 13.1. The number of hydrogen-bond donors (Lipinski definition) is 1. The molecule has 0 aromatic carbocycles. The highest BCUT2D eigenvalue weighted by Crippen LogP contribution is 2.23. The maximum Gasteiger partial charge on any atom is 0.223 e. The number of amides is 1. The Morgan fingerprint density at radius 1 is 1.20 bits per heavy atom. The molecule has 1 N–H and O–H groups in total. The first-order valence-electron chi connectivity index (χ1n) is 8.28. The number of rotatable bonds is 5. The van der Waals surface area contributed by atoms with Crippen molar-refractivity contribution in [3.63, 3.8) is 0 Å². The van der Waals surface area contributed by atoms with Crippen molar-refractivity contribution in [3.8, 4) is 0 Å². The van der Waals surface area contributed by atoms with Crippen LogP contribution in [0.2, 0.25) is 0 Å². The van der Waals surface area contributed by atoms with Gasteiger partial charge in [0, 0.05) is 31.6 Å². The predicted molar refractivity (Wildman–Crippen MR) is 80.6 cm³/mol. The van der Waals surface area contributed by atoms with Crippen molar-refractivity contribution >= 4 is 5.91 Å². The zero-order chi connectivity index (χ0) is 14.4. The molecule has 1 amide bonds. The van der Waals surface area contributed by atoms with Crippen LogP contribution in [0.25, 0.3) is 0 Å². The molecule has 0 radical (unpaired) electrons. The fourth-order valence-electron chi connectivity index (χ4n) is 3.41. The van der Waals surface area contributed by atoms with E-state index in [0.29, 0.717) is 12.0 Å². The van der Waals surface area contributed by atoms with Crippen molar-refractivity contribution in [1.82, 2.24) is 10.2 Å². The van der Waals surface area contributed by atoms with Gasteiger partial charge in [-0.2, -0.15) is 0 Å². The first-order chi connectivity index (χ1) is 9.68. The van der Waals surface area contributed by atoms with E-state index in [1.807, 2.05) is 0 Å². The minimum atomic E-state index is 0.265. The van der Waals surface area contributed by atoms with Gasteiger partial charge in [0.05, 0.1) is 13.2 Å². The van der Waals surface area contributed by atoms with Crippen LogP contribution in [0.4, 0.5) is 0 Å². The quantitative estimate of drug-likeness (QED) is 0.839. The molecule has 0 aromatic rings. The van der Waals surface area contributed by atoms with Crippen LogP contribution in [-0.4, -0.2) is 49.7 Å². The lowest BCUT2D eigenvalue weighted by atomic mass is 9.88. The lowest BCUT2D eigenvalue weighted by molar-refractivity contribution is -0.126. The Labute approximate surface area is 123 Å². The number of ether oxygens (including phenoxy) is 1. The van der Waals surface area contributed by atoms with Gasteiger partial charge in [-0.05, 0) is 18.8 Å². The van der Waals surface area contributed by atoms with Crippen LogP contribution in [0.1, 0.15) is 46.0 Å². The van der Waals surface area contributed by atoms with Crippen molar-refractivity contribution < 1.29 is 9.53 Å². The third kappa shape index (κ3) is 4.45. The van der Waals surface area contributed by atoms with E-state index in [9.17, 15) is 4.79 Å². The van der Waals surface area contributed by atoms with Gasteiger partial charge in [-0.15, -0.1) is 0 Å². The first-order valence-corrected chi connectivity index (χ1v) is 8.28. The van der Waals surface area contributed by atoms with Gasteiger partial charge in [-0.3, -0.25) is 9.69 Å². The van der Waals surface area contributed by atoms with Gasteiger partial charge in [0.25, 0.3) is 0 Å². The standard InChI is InChI=1S/C16H30N2O2/c1-13(2)15(18-8-10-20-11-9-18)12-17-16(19)14-6-4-3-5-7-14/h13-15H,3-12H2,1-2H3,(H,17,19)/t15-/m1/s1. The molecule has 2 rings (SSSR count). The van der Waals surface area contributed by atoms with Crippen LogP contribution in [0.15, 0.2) is 0 Å². The van der Waals surface area contributed by atoms with Crippen LogP contribution in [-0.2, 0) is 9.53 Å². The molecule has 1 aliphatic heterocycles. The van der Waals surface area contributed by atoms with E-state index in [4.69, 9.17) is 4.74 Å². The number of nitrogens with one attached hydrogen (secondary N) is 1. The normalized spacial score (nSPS) is 23.8. The van der Waals surface area contributed by atoms with E-state index < -0.39 is 0 Å². The summed E-state index contributed by atoms with van der Waals surface area (Å²) in [5.74, 6) is 1.10. The number of hydrogen-bond acceptors (Lipinski definition) is 3. The average molecular weight is 282 g/mol. The van der Waals surface area contributed by atoms with E-state index in [1.165, 1.54) is 19.3 Å². The zero-order valence-electron chi connectivity index (χ0n) is 13.1. The molecule has 0 spiro atoms. The lowest BCUT2D eigenvalue weighted by Crippen LogP contribution is -2.51. The van der Waals surface area contributed by atoms with Gasteiger partial charge in [0.15, 0.2) is 0 Å². The van der Waals surface area contributed by atoms with E-state index in [1.54, 1.807) is 0 Å². The fourth-order valence-corrected chi connectivity index (χ4v) is 3.41. The molecule has 1 saturated heterocycles. The Kier molecular flexibility index (Phi) is 6.30. The summed E-state index contributed by atoms with van der Waals surface area (Å²) in [7, 11) is 0. The number of carbonyl (C=O) groups is 1. The van der Waals surface area contributed by atoms with Gasteiger partial charge in [-0.25, -0.2) is 0 Å². The number of morpholine rings is 1. The molecule has 1 heterocycles. The van der Waals surface area contributed by atoms with Crippen molar-refractivity contribution in [2.75, 3.05) is 32.8 Å². The largest absolute Gasteiger partial charge is 0.379 e. The van der Waals surface area contributed by atoms with Crippen LogP contribution in [0.3, 0.4) is 0 Å². The molecule has 0 bridgehead atoms. The van der Waals surface area contributed by atoms with E-state index in [0.717, 1.165) is 45.7 Å². The van der Waals surface area contributed by atoms with Crippen molar-refractivity contribution in [1.29, 1.82) is 0 Å². The van der Waals surface area contributed by atoms with Crippen molar-refractivity contribution in [2.24, 2.45) is 11.8 Å². The minimum absolute atomic E-state index is 0.265. The number of nitrogens with zero attached hydrogens (tertiary/aromatic N) is 1. The molecule has 1 aliphatic carbocycles. The van der Waals surface area contributed by atoms with Gasteiger partial charge in [0.1, 0.15) is 0 Å². The van der Waals surface area contributed by atoms with Crippen LogP contribution < -0.4 is 5.32 Å². The third-order valence-corrected chi connectivity index (χ3v) is 4.75. The highest BCUT2D eigenvalue weighted by atomic mass is 16.5. The number of carbonyl (C=O) groups excluding carboxylic acids is 1. The molecule has 0 unspecified atom stereocenters. The Hall–Kier alpha value is -0.610. The van der Waals surface area contributed by atoms with Crippen molar-refractivity contribution in [2.45, 2.75) is 52.0 Å². The second-order valence-electron chi connectivity index (χ2n) is 6.54. The summed E-state index contributed by atoms with van der Waals surface area (Å²) < 4.78 is 5.42. The summed E-state index contributed by atoms with van der Waals surface area (Å²) in [4.78, 5) is 14.7. The molecule has 1 atom stereocenters. The maximum absolute atomic E-state index is 12.3. The molecule has 2 fully saturated rings. The second-order valence-corrected chi connectivity index (χ2v) is 6.54. The third-order valence-electron chi connectivity index (χ3n) is 4.75. The summed E-state index contributed by atoms with van der Waals surface area (Å²) in [6.07, 6.45) is 5.89. The predicted octanol–water partition coefficient (Wildman–Crippen LogP) is 2.04. The topological polar surface area (TPSA) is 41.6 Å². The summed E-state index contributed by atoms with van der Waals surface area (Å²) in [5, 5.41) is 3.21. The average Bonchev–Trinajstić information content (AvgIpc) is 2.49. The Balaban J connectivity index is 1.80. The molecule has 116 valence electrons. The Morgan fingerprint density at radius 3 is 2.45 bits per heavy atom. The molecule has 20 heavy (non-hydrogen) atoms. The second kappa shape index (κ2) is 7.99. The van der Waals surface area contributed by atoms with Gasteiger partial charge < -0.3 is 10.1 Å². The summed E-state index contributed by atoms with van der Waals surface area (Å²) in [5.41, 5.74) is 0. The summed E-state index contributed by atoms with van der Waals surface area (Å²) in [6, 6.07) is 0.437. The molecule has 4 nitrogen and oxygen atoms in total. The van der Waals surface area contributed by atoms with E-state index >= 15 is 0 Å². The molecule has 1 saturated carbocycles. The lowest BCUT2D eigenvalue weighted by Gasteiger charge is -2.37. The first kappa shape index (κ1) is 15.8. The molecule has 2 aliphatic rings. The molecule has 4 heteroatoms. The molecule has 0 aromatic heterocycles. The maximum atomic E-state index is 12.3. The Bertz CT molecular complexity index is 295. The molecular formula is C16H30N2O2. The fraction of sp³-hybridized carbons (Fsp3) is 0.938. The highest BCUT2D eigenvalue weighted by Gasteiger charge is 2.26. The highest BCUT2D eigenvalue weighted by molar-refractivity contribution is 5.78. The minimum Gasteiger partial charge on any atom is -0.379 e. The van der Waals surface area contributed by atoms with Crippen molar-refractivity contribution in [3.05, 3.63) is 0 Å².